The van der Waals surface area contributed by atoms with E-state index in [1.807, 2.05) is 4.90 Å². The smallest absolute Gasteiger partial charge is 0.383 e. The molecule has 4 N–H and O–H groups in total. The zero-order chi connectivity index (χ0) is 19.6. The molecule has 1 aromatic heterocycles. The van der Waals surface area contributed by atoms with E-state index in [1.54, 1.807) is 0 Å². The predicted molar refractivity (Wildman–Crippen MR) is 99.1 cm³/mol. The van der Waals surface area contributed by atoms with Crippen LogP contribution in [0.25, 0.3) is 0 Å². The summed E-state index contributed by atoms with van der Waals surface area (Å²) < 4.78 is 43.7. The van der Waals surface area contributed by atoms with Gasteiger partial charge in [0.05, 0.1) is 18.8 Å². The molecular weight excluding hydrogens is 383 g/mol. The third-order valence-electron chi connectivity index (χ3n) is 3.92. The number of nitrogens with zero attached hydrogens (tertiary/aromatic N) is 2. The van der Waals surface area contributed by atoms with Crippen molar-refractivity contribution in [3.8, 4) is 0 Å². The zero-order valence-electron chi connectivity index (χ0n) is 14.0. The van der Waals surface area contributed by atoms with Gasteiger partial charge < -0.3 is 20.7 Å². The van der Waals surface area contributed by atoms with Gasteiger partial charge in [0.2, 0.25) is 5.95 Å². The molecule has 2 aromatic rings. The standard InChI is InChI=1S/C16H16F3N5O2S/c17-16(18,19)9-2-1-3-10(8-9)21-14(27)11-12(20)22-15(23-13(11)25)24-4-6-26-7-5-24/h1-3,8H,4-7H2,(H,21,27)(H3,20,22,23,25). The van der Waals surface area contributed by atoms with Crippen LogP contribution in [0.1, 0.15) is 11.1 Å². The Morgan fingerprint density at radius 2 is 2.04 bits per heavy atom. The second kappa shape index (κ2) is 7.53. The van der Waals surface area contributed by atoms with Gasteiger partial charge in [-0.2, -0.15) is 18.2 Å². The first-order valence-corrected chi connectivity index (χ1v) is 8.37. The molecule has 0 radical (unpaired) electrons. The number of thiocarbonyl (C=S) groups is 1. The average molecular weight is 399 g/mol. The van der Waals surface area contributed by atoms with Gasteiger partial charge in [0.1, 0.15) is 16.4 Å². The molecule has 1 aliphatic rings. The number of alkyl halides is 3. The number of aromatic nitrogens is 2. The molecular formula is C16H16F3N5O2S. The van der Waals surface area contributed by atoms with Crippen molar-refractivity contribution in [1.82, 2.24) is 9.97 Å². The summed E-state index contributed by atoms with van der Waals surface area (Å²) in [5, 5.41) is 2.61. The minimum absolute atomic E-state index is 0.0888. The number of hydrogen-bond acceptors (Lipinski definition) is 6. The molecule has 3 rings (SSSR count). The molecule has 144 valence electrons. The molecule has 7 nitrogen and oxygen atoms in total. The Balaban J connectivity index is 1.84. The molecule has 0 spiro atoms. The van der Waals surface area contributed by atoms with Crippen LogP contribution in [0.4, 0.5) is 30.6 Å². The summed E-state index contributed by atoms with van der Waals surface area (Å²) >= 11 is 5.15. The van der Waals surface area contributed by atoms with Crippen molar-refractivity contribution >= 4 is 34.7 Å². The fraction of sp³-hybridized carbons (Fsp3) is 0.312. The van der Waals surface area contributed by atoms with Gasteiger partial charge in [0, 0.05) is 18.8 Å². The number of H-pyrrole nitrogens is 1. The number of morpholine rings is 1. The number of nitrogen functional groups attached to an aromatic ring is 1. The Kier molecular flexibility index (Phi) is 5.33. The van der Waals surface area contributed by atoms with Crippen LogP contribution < -0.4 is 21.5 Å². The number of anilines is 3. The van der Waals surface area contributed by atoms with Crippen LogP contribution >= 0.6 is 12.2 Å². The van der Waals surface area contributed by atoms with Crippen molar-refractivity contribution in [1.29, 1.82) is 0 Å². The molecule has 0 saturated carbocycles. The topological polar surface area (TPSA) is 96.3 Å². The lowest BCUT2D eigenvalue weighted by Crippen LogP contribution is -2.39. The fourth-order valence-corrected chi connectivity index (χ4v) is 2.90. The first kappa shape index (κ1) is 19.1. The van der Waals surface area contributed by atoms with Crippen molar-refractivity contribution in [2.24, 2.45) is 0 Å². The summed E-state index contributed by atoms with van der Waals surface area (Å²) in [4.78, 5) is 20.9. The number of rotatable bonds is 3. The second-order valence-corrected chi connectivity index (χ2v) is 6.19. The van der Waals surface area contributed by atoms with E-state index in [0.29, 0.717) is 32.3 Å². The van der Waals surface area contributed by atoms with Crippen LogP contribution in [0, 0.1) is 0 Å². The Hall–Kier alpha value is -2.66. The normalized spacial score (nSPS) is 14.9. The quantitative estimate of drug-likeness (QED) is 0.680. The van der Waals surface area contributed by atoms with E-state index in [2.05, 4.69) is 15.3 Å². The van der Waals surface area contributed by atoms with E-state index < -0.39 is 17.3 Å². The van der Waals surface area contributed by atoms with Crippen molar-refractivity contribution in [2.45, 2.75) is 6.18 Å². The number of aromatic amines is 1. The lowest BCUT2D eigenvalue weighted by molar-refractivity contribution is -0.137. The lowest BCUT2D eigenvalue weighted by atomic mass is 10.2. The third-order valence-corrected chi connectivity index (χ3v) is 4.23. The molecule has 0 amide bonds. The Labute approximate surface area is 157 Å². The van der Waals surface area contributed by atoms with Crippen LogP contribution in [0.15, 0.2) is 29.1 Å². The predicted octanol–water partition coefficient (Wildman–Crippen LogP) is 2.00. The highest BCUT2D eigenvalue weighted by molar-refractivity contribution is 7.81. The molecule has 1 saturated heterocycles. The summed E-state index contributed by atoms with van der Waals surface area (Å²) in [6.07, 6.45) is -4.49. The minimum atomic E-state index is -4.49. The van der Waals surface area contributed by atoms with Gasteiger partial charge >= 0.3 is 6.18 Å². The van der Waals surface area contributed by atoms with E-state index in [0.717, 1.165) is 12.1 Å². The maximum absolute atomic E-state index is 12.8. The first-order valence-electron chi connectivity index (χ1n) is 7.97. The SMILES string of the molecule is Nc1nc(N2CCOCC2)[nH]c(=O)c1C(=S)Nc1cccc(C(F)(F)F)c1. The molecule has 11 heteroatoms. The van der Waals surface area contributed by atoms with Gasteiger partial charge in [-0.25, -0.2) is 0 Å². The van der Waals surface area contributed by atoms with E-state index in [4.69, 9.17) is 22.7 Å². The molecule has 1 fully saturated rings. The molecule has 1 aliphatic heterocycles. The van der Waals surface area contributed by atoms with Crippen LogP contribution in [0.5, 0.6) is 0 Å². The Morgan fingerprint density at radius 1 is 1.33 bits per heavy atom. The van der Waals surface area contributed by atoms with E-state index in [-0.39, 0.29) is 22.1 Å². The zero-order valence-corrected chi connectivity index (χ0v) is 14.8. The summed E-state index contributed by atoms with van der Waals surface area (Å²) in [5.41, 5.74) is 4.47. The summed E-state index contributed by atoms with van der Waals surface area (Å²) in [7, 11) is 0. The number of nitrogens with two attached hydrogens (primary N) is 1. The van der Waals surface area contributed by atoms with Gasteiger partial charge in [0.15, 0.2) is 0 Å². The molecule has 0 bridgehead atoms. The maximum Gasteiger partial charge on any atom is 0.416 e. The summed E-state index contributed by atoms with van der Waals surface area (Å²) in [5.74, 6) is 0.191. The van der Waals surface area contributed by atoms with Crippen LogP contribution in [-0.4, -0.2) is 41.3 Å². The number of ether oxygens (including phenoxy) is 1. The van der Waals surface area contributed by atoms with Gasteiger partial charge in [0.25, 0.3) is 5.56 Å². The number of nitrogens with one attached hydrogen (secondary N) is 2. The van der Waals surface area contributed by atoms with E-state index >= 15 is 0 Å². The van der Waals surface area contributed by atoms with Crippen molar-refractivity contribution in [3.05, 3.63) is 45.7 Å². The number of hydrogen-bond donors (Lipinski definition) is 3. The van der Waals surface area contributed by atoms with Crippen molar-refractivity contribution < 1.29 is 17.9 Å². The molecule has 0 unspecified atom stereocenters. The van der Waals surface area contributed by atoms with E-state index in [9.17, 15) is 18.0 Å². The highest BCUT2D eigenvalue weighted by atomic mass is 32.1. The number of benzene rings is 1. The second-order valence-electron chi connectivity index (χ2n) is 5.78. The Bertz CT molecular complexity index is 910. The largest absolute Gasteiger partial charge is 0.416 e. The summed E-state index contributed by atoms with van der Waals surface area (Å²) in [6, 6.07) is 4.48. The van der Waals surface area contributed by atoms with Crippen molar-refractivity contribution in [2.75, 3.05) is 42.3 Å². The van der Waals surface area contributed by atoms with Crippen LogP contribution in [0.3, 0.4) is 0 Å². The summed E-state index contributed by atoms with van der Waals surface area (Å²) in [6.45, 7) is 2.10. The Morgan fingerprint density at radius 3 is 2.67 bits per heavy atom. The van der Waals surface area contributed by atoms with Gasteiger partial charge in [-0.1, -0.05) is 18.3 Å². The molecule has 0 aliphatic carbocycles. The van der Waals surface area contributed by atoms with Gasteiger partial charge in [-0.3, -0.25) is 9.78 Å². The molecule has 0 atom stereocenters. The lowest BCUT2D eigenvalue weighted by Gasteiger charge is -2.27. The van der Waals surface area contributed by atoms with Crippen LogP contribution in [0.2, 0.25) is 0 Å². The molecule has 27 heavy (non-hydrogen) atoms. The highest BCUT2D eigenvalue weighted by Gasteiger charge is 2.30. The monoisotopic (exact) mass is 399 g/mol. The molecule has 2 heterocycles. The third kappa shape index (κ3) is 4.37. The van der Waals surface area contributed by atoms with Gasteiger partial charge in [-0.05, 0) is 18.2 Å². The minimum Gasteiger partial charge on any atom is -0.383 e. The fourth-order valence-electron chi connectivity index (χ4n) is 2.59. The highest BCUT2D eigenvalue weighted by Crippen LogP contribution is 2.30. The van der Waals surface area contributed by atoms with Crippen molar-refractivity contribution in [3.63, 3.8) is 0 Å². The molecule has 1 aromatic carbocycles. The van der Waals surface area contributed by atoms with E-state index in [1.165, 1.54) is 12.1 Å². The number of halogens is 3. The average Bonchev–Trinajstić information content (AvgIpc) is 2.61. The van der Waals surface area contributed by atoms with Crippen LogP contribution in [-0.2, 0) is 10.9 Å². The first-order chi connectivity index (χ1) is 12.8. The maximum atomic E-state index is 12.8. The van der Waals surface area contributed by atoms with Gasteiger partial charge in [-0.15, -0.1) is 0 Å².